The number of likely N-dealkylation sites (tertiary alicyclic amines) is 1. The summed E-state index contributed by atoms with van der Waals surface area (Å²) in [7, 11) is 0. The highest BCUT2D eigenvalue weighted by atomic mass is 79.9. The van der Waals surface area contributed by atoms with Gasteiger partial charge in [0.1, 0.15) is 4.60 Å². The normalized spacial score (nSPS) is 15.9. The SMILES string of the molecule is O=C(Nc1cnc(Br)cn1)N1CCCCC1. The highest BCUT2D eigenvalue weighted by Crippen LogP contribution is 2.11. The summed E-state index contributed by atoms with van der Waals surface area (Å²) in [6.45, 7) is 1.66. The zero-order chi connectivity index (χ0) is 11.4. The van der Waals surface area contributed by atoms with Gasteiger partial charge in [-0.2, -0.15) is 0 Å². The number of aromatic nitrogens is 2. The van der Waals surface area contributed by atoms with Crippen molar-refractivity contribution in [3.63, 3.8) is 0 Å². The van der Waals surface area contributed by atoms with E-state index in [1.807, 2.05) is 4.90 Å². The number of anilines is 1. The Bertz CT molecular complexity index is 362. The third kappa shape index (κ3) is 2.91. The fourth-order valence-electron chi connectivity index (χ4n) is 1.66. The van der Waals surface area contributed by atoms with Crippen molar-refractivity contribution in [3.05, 3.63) is 17.0 Å². The molecule has 16 heavy (non-hydrogen) atoms. The summed E-state index contributed by atoms with van der Waals surface area (Å²) in [4.78, 5) is 21.6. The van der Waals surface area contributed by atoms with Gasteiger partial charge in [-0.3, -0.25) is 5.32 Å². The first-order chi connectivity index (χ1) is 7.75. The summed E-state index contributed by atoms with van der Waals surface area (Å²) >= 11 is 3.19. The summed E-state index contributed by atoms with van der Waals surface area (Å²) in [6.07, 6.45) is 6.47. The Morgan fingerprint density at radius 3 is 2.62 bits per heavy atom. The second kappa shape index (κ2) is 5.25. The monoisotopic (exact) mass is 284 g/mol. The Morgan fingerprint density at radius 1 is 1.25 bits per heavy atom. The van der Waals surface area contributed by atoms with E-state index in [2.05, 4.69) is 31.2 Å². The first kappa shape index (κ1) is 11.3. The molecule has 1 aromatic rings. The van der Waals surface area contributed by atoms with Crippen LogP contribution in [0.1, 0.15) is 19.3 Å². The third-order valence-electron chi connectivity index (χ3n) is 2.50. The first-order valence-electron chi connectivity index (χ1n) is 5.29. The topological polar surface area (TPSA) is 58.1 Å². The number of carbonyl (C=O) groups excluding carboxylic acids is 1. The lowest BCUT2D eigenvalue weighted by molar-refractivity contribution is 0.200. The smallest absolute Gasteiger partial charge is 0.323 e. The second-order valence-electron chi connectivity index (χ2n) is 3.70. The zero-order valence-corrected chi connectivity index (χ0v) is 10.4. The maximum absolute atomic E-state index is 11.8. The van der Waals surface area contributed by atoms with Crippen molar-refractivity contribution in [2.24, 2.45) is 0 Å². The van der Waals surface area contributed by atoms with Crippen molar-refractivity contribution in [2.75, 3.05) is 18.4 Å². The predicted octanol–water partition coefficient (Wildman–Crippen LogP) is 2.26. The van der Waals surface area contributed by atoms with Crippen LogP contribution < -0.4 is 5.32 Å². The lowest BCUT2D eigenvalue weighted by atomic mass is 10.1. The molecule has 1 aliphatic heterocycles. The lowest BCUT2D eigenvalue weighted by Crippen LogP contribution is -2.38. The van der Waals surface area contributed by atoms with E-state index in [9.17, 15) is 4.79 Å². The van der Waals surface area contributed by atoms with Gasteiger partial charge < -0.3 is 4.90 Å². The number of nitrogens with zero attached hydrogens (tertiary/aromatic N) is 3. The predicted molar refractivity (Wildman–Crippen MR) is 64.2 cm³/mol. The Kier molecular flexibility index (Phi) is 3.71. The van der Waals surface area contributed by atoms with Crippen LogP contribution in [0.2, 0.25) is 0 Å². The average Bonchev–Trinajstić information content (AvgIpc) is 2.33. The molecule has 2 heterocycles. The Balaban J connectivity index is 1.93. The van der Waals surface area contributed by atoms with E-state index in [0.717, 1.165) is 25.9 Å². The number of hydrogen-bond acceptors (Lipinski definition) is 3. The number of piperidine rings is 1. The van der Waals surface area contributed by atoms with Crippen molar-refractivity contribution < 1.29 is 4.79 Å². The van der Waals surface area contributed by atoms with E-state index in [4.69, 9.17) is 0 Å². The molecule has 1 N–H and O–H groups in total. The van der Waals surface area contributed by atoms with Crippen LogP contribution in [0.25, 0.3) is 0 Å². The number of rotatable bonds is 1. The third-order valence-corrected chi connectivity index (χ3v) is 2.91. The second-order valence-corrected chi connectivity index (χ2v) is 4.51. The zero-order valence-electron chi connectivity index (χ0n) is 8.82. The van der Waals surface area contributed by atoms with Gasteiger partial charge in [0, 0.05) is 13.1 Å². The Labute approximate surface area is 102 Å². The molecule has 1 aliphatic rings. The quantitative estimate of drug-likeness (QED) is 0.861. The van der Waals surface area contributed by atoms with Gasteiger partial charge in [-0.05, 0) is 35.2 Å². The molecule has 1 fully saturated rings. The van der Waals surface area contributed by atoms with Gasteiger partial charge >= 0.3 is 6.03 Å². The number of hydrogen-bond donors (Lipinski definition) is 1. The molecule has 0 spiro atoms. The first-order valence-corrected chi connectivity index (χ1v) is 6.08. The minimum atomic E-state index is -0.0867. The number of nitrogens with one attached hydrogen (secondary N) is 1. The average molecular weight is 285 g/mol. The fourth-order valence-corrected chi connectivity index (χ4v) is 1.87. The summed E-state index contributed by atoms with van der Waals surface area (Å²) in [5.74, 6) is 0.485. The van der Waals surface area contributed by atoms with Crippen molar-refractivity contribution in [3.8, 4) is 0 Å². The molecule has 0 aliphatic carbocycles. The van der Waals surface area contributed by atoms with E-state index in [0.29, 0.717) is 10.4 Å². The van der Waals surface area contributed by atoms with Gasteiger partial charge in [0.25, 0.3) is 0 Å². The Hall–Kier alpha value is -1.17. The van der Waals surface area contributed by atoms with Gasteiger partial charge in [-0.25, -0.2) is 14.8 Å². The molecule has 86 valence electrons. The maximum Gasteiger partial charge on any atom is 0.323 e. The van der Waals surface area contributed by atoms with Gasteiger partial charge in [-0.15, -0.1) is 0 Å². The molecule has 5 nitrogen and oxygen atoms in total. The van der Waals surface area contributed by atoms with Crippen LogP contribution in [-0.4, -0.2) is 34.0 Å². The molecule has 0 saturated carbocycles. The molecule has 2 rings (SSSR count). The van der Waals surface area contributed by atoms with Crippen LogP contribution in [0.15, 0.2) is 17.0 Å². The maximum atomic E-state index is 11.8. The van der Waals surface area contributed by atoms with Gasteiger partial charge in [-0.1, -0.05) is 0 Å². The van der Waals surface area contributed by atoms with Crippen LogP contribution in [0.4, 0.5) is 10.6 Å². The van der Waals surface area contributed by atoms with E-state index in [-0.39, 0.29) is 6.03 Å². The number of carbonyl (C=O) groups is 1. The molecule has 1 aromatic heterocycles. The van der Waals surface area contributed by atoms with Gasteiger partial charge in [0.15, 0.2) is 5.82 Å². The number of urea groups is 1. The number of amides is 2. The number of halogens is 1. The van der Waals surface area contributed by atoms with E-state index in [1.54, 1.807) is 6.20 Å². The molecule has 6 heteroatoms. The summed E-state index contributed by atoms with van der Waals surface area (Å²) in [5.41, 5.74) is 0. The molecule has 0 aromatic carbocycles. The summed E-state index contributed by atoms with van der Waals surface area (Å²) in [6, 6.07) is -0.0867. The minimum absolute atomic E-state index is 0.0867. The Morgan fingerprint density at radius 2 is 2.00 bits per heavy atom. The molecule has 1 saturated heterocycles. The van der Waals surface area contributed by atoms with Crippen LogP contribution in [-0.2, 0) is 0 Å². The molecule has 2 amide bonds. The molecular weight excluding hydrogens is 272 g/mol. The fraction of sp³-hybridized carbons (Fsp3) is 0.500. The standard InChI is InChI=1S/C10H13BrN4O/c11-8-6-13-9(7-12-8)14-10(16)15-4-2-1-3-5-15/h6-7H,1-5H2,(H,13,14,16). The molecule has 0 atom stereocenters. The summed E-state index contributed by atoms with van der Waals surface area (Å²) in [5, 5.41) is 2.73. The van der Waals surface area contributed by atoms with Crippen LogP contribution in [0.3, 0.4) is 0 Å². The highest BCUT2D eigenvalue weighted by molar-refractivity contribution is 9.10. The van der Waals surface area contributed by atoms with Gasteiger partial charge in [0.2, 0.25) is 0 Å². The molecule has 0 bridgehead atoms. The molecule has 0 unspecified atom stereocenters. The summed E-state index contributed by atoms with van der Waals surface area (Å²) < 4.78 is 0.656. The minimum Gasteiger partial charge on any atom is -0.325 e. The van der Waals surface area contributed by atoms with E-state index in [1.165, 1.54) is 12.6 Å². The van der Waals surface area contributed by atoms with Crippen LogP contribution >= 0.6 is 15.9 Å². The highest BCUT2D eigenvalue weighted by Gasteiger charge is 2.16. The van der Waals surface area contributed by atoms with E-state index >= 15 is 0 Å². The van der Waals surface area contributed by atoms with Crippen molar-refractivity contribution >= 4 is 27.8 Å². The van der Waals surface area contributed by atoms with E-state index < -0.39 is 0 Å². The molecule has 0 radical (unpaired) electrons. The van der Waals surface area contributed by atoms with Crippen molar-refractivity contribution in [1.82, 2.24) is 14.9 Å². The van der Waals surface area contributed by atoms with Crippen LogP contribution in [0, 0.1) is 0 Å². The largest absolute Gasteiger partial charge is 0.325 e. The lowest BCUT2D eigenvalue weighted by Gasteiger charge is -2.26. The van der Waals surface area contributed by atoms with Gasteiger partial charge in [0.05, 0.1) is 12.4 Å². The van der Waals surface area contributed by atoms with Crippen molar-refractivity contribution in [2.45, 2.75) is 19.3 Å². The van der Waals surface area contributed by atoms with Crippen LogP contribution in [0.5, 0.6) is 0 Å². The molecular formula is C10H13BrN4O. The van der Waals surface area contributed by atoms with Crippen molar-refractivity contribution in [1.29, 1.82) is 0 Å².